The van der Waals surface area contributed by atoms with Gasteiger partial charge in [-0.3, -0.25) is 4.79 Å². The number of allylic oxidation sites excluding steroid dienone is 2. The van der Waals surface area contributed by atoms with Gasteiger partial charge in [0.05, 0.1) is 6.20 Å². The molecule has 0 bridgehead atoms. The van der Waals surface area contributed by atoms with Gasteiger partial charge in [-0.1, -0.05) is 13.0 Å². The summed E-state index contributed by atoms with van der Waals surface area (Å²) in [4.78, 5) is 18.0. The molecule has 0 aliphatic rings. The zero-order valence-electron chi connectivity index (χ0n) is 13.8. The second-order valence-corrected chi connectivity index (χ2v) is 6.63. The molecule has 3 rings (SSSR count). The number of thiophene rings is 1. The zero-order chi connectivity index (χ0) is 16.6. The summed E-state index contributed by atoms with van der Waals surface area (Å²) in [6.45, 7) is 8.05. The second-order valence-electron chi connectivity index (χ2n) is 5.63. The van der Waals surface area contributed by atoms with E-state index in [9.17, 15) is 4.79 Å². The highest BCUT2D eigenvalue weighted by atomic mass is 32.1. The molecule has 0 fully saturated rings. The maximum absolute atomic E-state index is 12.7. The lowest BCUT2D eigenvalue weighted by molar-refractivity contribution is 0.765. The quantitative estimate of drug-likeness (QED) is 0.783. The van der Waals surface area contributed by atoms with Gasteiger partial charge >= 0.3 is 0 Å². The van der Waals surface area contributed by atoms with E-state index in [1.54, 1.807) is 12.4 Å². The van der Waals surface area contributed by atoms with E-state index in [-0.39, 0.29) is 5.56 Å². The molecule has 0 saturated carbocycles. The Morgan fingerprint density at radius 3 is 3.00 bits per heavy atom. The molecule has 0 aromatic carbocycles. The molecular formula is C17H20N4OS. The number of hydrogen-bond donors (Lipinski definition) is 1. The van der Waals surface area contributed by atoms with Gasteiger partial charge in [-0.05, 0) is 33.3 Å². The Bertz CT molecular complexity index is 954. The Morgan fingerprint density at radius 1 is 1.52 bits per heavy atom. The van der Waals surface area contributed by atoms with E-state index in [0.717, 1.165) is 33.4 Å². The van der Waals surface area contributed by atoms with E-state index in [0.29, 0.717) is 10.7 Å². The summed E-state index contributed by atoms with van der Waals surface area (Å²) in [6.07, 6.45) is 6.46. The van der Waals surface area contributed by atoms with E-state index >= 15 is 0 Å². The normalized spacial score (nSPS) is 13.7. The molecule has 3 aromatic rings. The van der Waals surface area contributed by atoms with Crippen LogP contribution in [0.2, 0.25) is 0 Å². The van der Waals surface area contributed by atoms with E-state index in [1.807, 2.05) is 26.0 Å². The van der Waals surface area contributed by atoms with Crippen molar-refractivity contribution in [2.24, 2.45) is 0 Å². The molecule has 1 atom stereocenters. The minimum Gasteiger partial charge on any atom is -0.382 e. The molecule has 0 aliphatic carbocycles. The van der Waals surface area contributed by atoms with Crippen molar-refractivity contribution in [1.82, 2.24) is 14.8 Å². The summed E-state index contributed by atoms with van der Waals surface area (Å²) < 4.78 is 2.14. The van der Waals surface area contributed by atoms with Crippen molar-refractivity contribution in [2.75, 3.05) is 5.32 Å². The first-order chi connectivity index (χ1) is 11.1. The van der Waals surface area contributed by atoms with E-state index < -0.39 is 0 Å². The first kappa shape index (κ1) is 15.7. The van der Waals surface area contributed by atoms with Crippen molar-refractivity contribution in [3.63, 3.8) is 0 Å². The van der Waals surface area contributed by atoms with Crippen molar-refractivity contribution in [2.45, 2.75) is 40.2 Å². The molecule has 120 valence electrons. The van der Waals surface area contributed by atoms with Crippen LogP contribution in [-0.2, 0) is 0 Å². The van der Waals surface area contributed by atoms with Gasteiger partial charge in [-0.25, -0.2) is 9.67 Å². The molecule has 0 saturated heterocycles. The summed E-state index contributed by atoms with van der Waals surface area (Å²) in [5.41, 5.74) is 1.74. The topological polar surface area (TPSA) is 59.8 Å². The van der Waals surface area contributed by atoms with Gasteiger partial charge in [0.1, 0.15) is 9.53 Å². The summed E-state index contributed by atoms with van der Waals surface area (Å²) in [7, 11) is 0. The number of anilines is 1. The van der Waals surface area contributed by atoms with Gasteiger partial charge in [0.2, 0.25) is 0 Å². The van der Waals surface area contributed by atoms with Crippen LogP contribution in [0.1, 0.15) is 34.1 Å². The predicted octanol–water partition coefficient (Wildman–Crippen LogP) is 4.10. The molecule has 23 heavy (non-hydrogen) atoms. The number of pyridine rings is 1. The smallest absolute Gasteiger partial charge is 0.289 e. The third kappa shape index (κ3) is 2.63. The van der Waals surface area contributed by atoms with E-state index in [2.05, 4.69) is 29.2 Å². The van der Waals surface area contributed by atoms with Crippen LogP contribution in [0, 0.1) is 0 Å². The SMILES string of the molecule is C/C=C(\C)n1ncc2c(sc3nccc(NC(C)CC)c32)c1=O. The molecule has 3 heterocycles. The molecule has 0 amide bonds. The highest BCUT2D eigenvalue weighted by molar-refractivity contribution is 7.25. The Balaban J connectivity index is 2.30. The minimum atomic E-state index is -0.0874. The van der Waals surface area contributed by atoms with Gasteiger partial charge in [0.25, 0.3) is 5.56 Å². The summed E-state index contributed by atoms with van der Waals surface area (Å²) in [5.74, 6) is 0. The number of rotatable bonds is 4. The Hall–Kier alpha value is -2.21. The Kier molecular flexibility index (Phi) is 4.17. The highest BCUT2D eigenvalue weighted by Gasteiger charge is 2.16. The minimum absolute atomic E-state index is 0.0874. The first-order valence-electron chi connectivity index (χ1n) is 7.76. The standard InChI is InChI=1S/C17H20N4OS/c1-5-10(3)20-13-7-8-18-16-14(13)12-9-19-21(11(4)6-2)17(22)15(12)23-16/h6-10H,5H2,1-4H3,(H,18,20)/b11-6+. The van der Waals surface area contributed by atoms with Gasteiger partial charge in [-0.2, -0.15) is 5.10 Å². The molecule has 1 unspecified atom stereocenters. The zero-order valence-corrected chi connectivity index (χ0v) is 14.6. The summed E-state index contributed by atoms with van der Waals surface area (Å²) in [5, 5.41) is 9.68. The van der Waals surface area contributed by atoms with Crippen LogP contribution >= 0.6 is 11.3 Å². The number of nitrogens with one attached hydrogen (secondary N) is 1. The van der Waals surface area contributed by atoms with Gasteiger partial charge in [0, 0.05) is 34.4 Å². The van der Waals surface area contributed by atoms with Crippen molar-refractivity contribution in [1.29, 1.82) is 0 Å². The average Bonchev–Trinajstić information content (AvgIpc) is 2.95. The van der Waals surface area contributed by atoms with Crippen LogP contribution in [0.5, 0.6) is 0 Å². The van der Waals surface area contributed by atoms with Crippen LogP contribution in [0.3, 0.4) is 0 Å². The predicted molar refractivity (Wildman–Crippen MR) is 98.2 cm³/mol. The Labute approximate surface area is 138 Å². The molecule has 1 N–H and O–H groups in total. The molecule has 0 radical (unpaired) electrons. The highest BCUT2D eigenvalue weighted by Crippen LogP contribution is 2.35. The van der Waals surface area contributed by atoms with Crippen molar-refractivity contribution < 1.29 is 0 Å². The van der Waals surface area contributed by atoms with Crippen LogP contribution in [-0.4, -0.2) is 20.8 Å². The van der Waals surface area contributed by atoms with Gasteiger partial charge in [-0.15, -0.1) is 11.3 Å². The largest absolute Gasteiger partial charge is 0.382 e. The fourth-order valence-corrected chi connectivity index (χ4v) is 3.52. The third-order valence-electron chi connectivity index (χ3n) is 4.08. The first-order valence-corrected chi connectivity index (χ1v) is 8.57. The van der Waals surface area contributed by atoms with E-state index in [4.69, 9.17) is 0 Å². The molecule has 5 nitrogen and oxygen atoms in total. The number of hydrogen-bond acceptors (Lipinski definition) is 5. The maximum Gasteiger partial charge on any atom is 0.289 e. The third-order valence-corrected chi connectivity index (χ3v) is 5.19. The summed E-state index contributed by atoms with van der Waals surface area (Å²) in [6, 6.07) is 2.32. The molecular weight excluding hydrogens is 308 g/mol. The fourth-order valence-electron chi connectivity index (χ4n) is 2.45. The number of aromatic nitrogens is 3. The van der Waals surface area contributed by atoms with Gasteiger partial charge in [0.15, 0.2) is 0 Å². The Morgan fingerprint density at radius 2 is 2.30 bits per heavy atom. The van der Waals surface area contributed by atoms with Crippen LogP contribution in [0.15, 0.2) is 29.3 Å². The van der Waals surface area contributed by atoms with Crippen LogP contribution in [0.25, 0.3) is 26.0 Å². The van der Waals surface area contributed by atoms with Crippen molar-refractivity contribution >= 4 is 43.0 Å². The van der Waals surface area contributed by atoms with Crippen molar-refractivity contribution in [3.8, 4) is 0 Å². The second kappa shape index (κ2) is 6.12. The molecule has 0 spiro atoms. The van der Waals surface area contributed by atoms with Crippen LogP contribution in [0.4, 0.5) is 5.69 Å². The lowest BCUT2D eigenvalue weighted by atomic mass is 10.2. The van der Waals surface area contributed by atoms with Crippen LogP contribution < -0.4 is 10.9 Å². The summed E-state index contributed by atoms with van der Waals surface area (Å²) >= 11 is 1.43. The van der Waals surface area contributed by atoms with Crippen molar-refractivity contribution in [3.05, 3.63) is 34.9 Å². The molecule has 0 aliphatic heterocycles. The monoisotopic (exact) mass is 328 g/mol. The van der Waals surface area contributed by atoms with Gasteiger partial charge < -0.3 is 5.32 Å². The van der Waals surface area contributed by atoms with E-state index in [1.165, 1.54) is 16.0 Å². The number of nitrogens with zero attached hydrogens (tertiary/aromatic N) is 3. The molecule has 6 heteroatoms. The molecule has 3 aromatic heterocycles. The lowest BCUT2D eigenvalue weighted by Crippen LogP contribution is -2.20. The fraction of sp³-hybridized carbons (Fsp3) is 0.353. The average molecular weight is 328 g/mol. The number of fused-ring (bicyclic) bond motifs is 3. The lowest BCUT2D eigenvalue weighted by Gasteiger charge is -2.13. The maximum atomic E-state index is 12.7.